The minimum atomic E-state index is -6.64. The number of alkyl halides is 7. The van der Waals surface area contributed by atoms with Crippen LogP contribution in [-0.4, -0.2) is 48.2 Å². The molecule has 3 amide bonds. The van der Waals surface area contributed by atoms with Crippen molar-refractivity contribution in [3.05, 3.63) is 83.2 Å². The lowest BCUT2D eigenvalue weighted by Crippen LogP contribution is -2.55. The van der Waals surface area contributed by atoms with Crippen molar-refractivity contribution in [2.45, 2.75) is 30.7 Å². The Labute approximate surface area is 235 Å². The predicted molar refractivity (Wildman–Crippen MR) is 128 cm³/mol. The van der Waals surface area contributed by atoms with Gasteiger partial charge < -0.3 is 19.5 Å². The smallest absolute Gasteiger partial charge is 0.459 e. The molecule has 17 heteroatoms. The van der Waals surface area contributed by atoms with Gasteiger partial charge >= 0.3 is 24.1 Å². The first-order valence-corrected chi connectivity index (χ1v) is 12.0. The number of fused-ring (bicyclic) bond motifs is 1. The van der Waals surface area contributed by atoms with Crippen molar-refractivity contribution in [1.29, 1.82) is 0 Å². The van der Waals surface area contributed by atoms with E-state index in [9.17, 15) is 49.1 Å². The third-order valence-electron chi connectivity index (χ3n) is 5.88. The van der Waals surface area contributed by atoms with Gasteiger partial charge in [0, 0.05) is 5.56 Å². The first-order chi connectivity index (χ1) is 20.1. The zero-order chi connectivity index (χ0) is 31.6. The molecule has 0 fully saturated rings. The van der Waals surface area contributed by atoms with Crippen molar-refractivity contribution in [3.8, 4) is 11.5 Å². The average Bonchev–Trinajstić information content (AvgIpc) is 2.93. The highest BCUT2D eigenvalue weighted by atomic mass is 19.4. The van der Waals surface area contributed by atoms with E-state index in [-0.39, 0.29) is 30.3 Å². The molecule has 2 N–H and O–H groups in total. The monoisotopic (exact) mass is 623 g/mol. The third kappa shape index (κ3) is 6.45. The molecule has 1 aromatic heterocycles. The maximum atomic E-state index is 15.0. The van der Waals surface area contributed by atoms with Crippen molar-refractivity contribution in [2.24, 2.45) is 0 Å². The van der Waals surface area contributed by atoms with Gasteiger partial charge in [0.2, 0.25) is 0 Å². The predicted octanol–water partition coefficient (Wildman–Crippen LogP) is 6.18. The summed E-state index contributed by atoms with van der Waals surface area (Å²) in [5, 5.41) is 3.78. The normalized spacial score (nSPS) is 14.2. The van der Waals surface area contributed by atoms with Gasteiger partial charge in [0.1, 0.15) is 30.4 Å². The number of nitrogens with one attached hydrogen (secondary N) is 2. The molecule has 0 saturated heterocycles. The number of rotatable bonds is 8. The SMILES string of the molecule is O=C(NC(=O)c1c(F)cccc1F)Nc1ccc(COC(c2cccc3c2OCCO3)C(F)(F)C(F)(F)C(F)(F)F)nc1. The molecule has 2 aromatic carbocycles. The summed E-state index contributed by atoms with van der Waals surface area (Å²) in [5.74, 6) is -16.9. The van der Waals surface area contributed by atoms with E-state index in [0.29, 0.717) is 0 Å². The molecule has 43 heavy (non-hydrogen) atoms. The van der Waals surface area contributed by atoms with E-state index in [2.05, 4.69) is 10.3 Å². The molecule has 1 aliphatic heterocycles. The third-order valence-corrected chi connectivity index (χ3v) is 5.88. The molecule has 0 bridgehead atoms. The molecular weight excluding hydrogens is 605 g/mol. The second-order valence-corrected chi connectivity index (χ2v) is 8.80. The van der Waals surface area contributed by atoms with E-state index in [1.54, 1.807) is 5.32 Å². The van der Waals surface area contributed by atoms with E-state index in [4.69, 9.17) is 14.2 Å². The zero-order valence-corrected chi connectivity index (χ0v) is 21.3. The number of para-hydroxylation sites is 1. The van der Waals surface area contributed by atoms with Crippen LogP contribution in [0.5, 0.6) is 11.5 Å². The van der Waals surface area contributed by atoms with Crippen LogP contribution >= 0.6 is 0 Å². The molecule has 230 valence electrons. The van der Waals surface area contributed by atoms with Crippen LogP contribution in [0.1, 0.15) is 27.7 Å². The summed E-state index contributed by atoms with van der Waals surface area (Å²) in [4.78, 5) is 27.9. The molecule has 3 aromatic rings. The fraction of sp³-hybridized carbons (Fsp3) is 0.269. The summed E-state index contributed by atoms with van der Waals surface area (Å²) < 4.78 is 140. The van der Waals surface area contributed by atoms with E-state index in [1.807, 2.05) is 0 Å². The lowest BCUT2D eigenvalue weighted by molar-refractivity contribution is -0.376. The van der Waals surface area contributed by atoms with Crippen LogP contribution in [0, 0.1) is 11.6 Å². The number of hydrogen-bond donors (Lipinski definition) is 2. The number of anilines is 1. The minimum absolute atomic E-state index is 0.0341. The molecule has 0 radical (unpaired) electrons. The van der Waals surface area contributed by atoms with Crippen molar-refractivity contribution in [3.63, 3.8) is 0 Å². The second-order valence-electron chi connectivity index (χ2n) is 8.80. The molecule has 2 heterocycles. The maximum absolute atomic E-state index is 15.0. The van der Waals surface area contributed by atoms with Crippen LogP contribution in [0.25, 0.3) is 0 Å². The number of aromatic nitrogens is 1. The van der Waals surface area contributed by atoms with E-state index >= 15 is 0 Å². The van der Waals surface area contributed by atoms with Gasteiger partial charge in [-0.05, 0) is 30.3 Å². The number of carbonyl (C=O) groups excluding carboxylic acids is 2. The quantitative estimate of drug-likeness (QED) is 0.291. The number of pyridine rings is 1. The molecule has 0 aliphatic carbocycles. The highest BCUT2D eigenvalue weighted by Gasteiger charge is 2.76. The number of hydrogen-bond acceptors (Lipinski definition) is 6. The van der Waals surface area contributed by atoms with Gasteiger partial charge in [-0.1, -0.05) is 18.2 Å². The average molecular weight is 623 g/mol. The van der Waals surface area contributed by atoms with Crippen LogP contribution in [0.3, 0.4) is 0 Å². The number of ether oxygens (including phenoxy) is 3. The Hall–Kier alpha value is -4.54. The summed E-state index contributed by atoms with van der Waals surface area (Å²) in [6.07, 6.45) is -8.95. The number of amides is 3. The van der Waals surface area contributed by atoms with Crippen molar-refractivity contribution >= 4 is 17.6 Å². The van der Waals surface area contributed by atoms with Gasteiger partial charge in [0.25, 0.3) is 5.91 Å². The Morgan fingerprint density at radius 2 is 1.56 bits per heavy atom. The molecule has 0 spiro atoms. The number of nitrogens with zero attached hydrogens (tertiary/aromatic N) is 1. The van der Waals surface area contributed by atoms with Gasteiger partial charge in [-0.2, -0.15) is 30.7 Å². The molecule has 4 rings (SSSR count). The first-order valence-electron chi connectivity index (χ1n) is 12.0. The molecule has 1 aliphatic rings. The Morgan fingerprint density at radius 3 is 2.19 bits per heavy atom. The summed E-state index contributed by atoms with van der Waals surface area (Å²) in [6.45, 7) is -1.26. The van der Waals surface area contributed by atoms with E-state index < -0.39 is 71.2 Å². The summed E-state index contributed by atoms with van der Waals surface area (Å²) in [6, 6.07) is 6.59. The lowest BCUT2D eigenvalue weighted by atomic mass is 9.96. The Kier molecular flexibility index (Phi) is 8.75. The van der Waals surface area contributed by atoms with Crippen LogP contribution in [0.2, 0.25) is 0 Å². The second kappa shape index (κ2) is 12.0. The first kappa shape index (κ1) is 31.4. The Balaban J connectivity index is 1.51. The minimum Gasteiger partial charge on any atom is -0.486 e. The number of carbonyl (C=O) groups is 2. The van der Waals surface area contributed by atoms with E-state index in [0.717, 1.165) is 48.7 Å². The largest absolute Gasteiger partial charge is 0.486 e. The van der Waals surface area contributed by atoms with Gasteiger partial charge in [0.15, 0.2) is 17.6 Å². The summed E-state index contributed by atoms with van der Waals surface area (Å²) >= 11 is 0. The van der Waals surface area contributed by atoms with Gasteiger partial charge in [-0.15, -0.1) is 0 Å². The van der Waals surface area contributed by atoms with E-state index in [1.165, 1.54) is 6.07 Å². The fourth-order valence-corrected chi connectivity index (χ4v) is 3.84. The summed E-state index contributed by atoms with van der Waals surface area (Å²) in [7, 11) is 0. The highest BCUT2D eigenvalue weighted by molar-refractivity contribution is 6.08. The molecule has 1 atom stereocenters. The number of halogens is 9. The topological polar surface area (TPSA) is 98.8 Å². The van der Waals surface area contributed by atoms with Crippen LogP contribution < -0.4 is 20.1 Å². The molecule has 8 nitrogen and oxygen atoms in total. The van der Waals surface area contributed by atoms with Crippen LogP contribution in [0.4, 0.5) is 50.0 Å². The molecule has 1 unspecified atom stereocenters. The Bertz CT molecular complexity index is 1480. The maximum Gasteiger partial charge on any atom is 0.459 e. The van der Waals surface area contributed by atoms with Crippen LogP contribution in [0.15, 0.2) is 54.7 Å². The Morgan fingerprint density at radius 1 is 0.907 bits per heavy atom. The standard InChI is InChI=1S/C26H18F9N3O5/c27-16-4-2-5-17(28)19(16)22(39)38-23(40)37-13-7-8-14(36-11-13)12-43-21(24(29,30)25(31,32)26(33,34)35)15-3-1-6-18-20(15)42-10-9-41-18/h1-8,11,21H,9-10,12H2,(H2,37,38,39,40). The zero-order valence-electron chi connectivity index (χ0n) is 21.3. The van der Waals surface area contributed by atoms with Crippen molar-refractivity contribution < 1.29 is 63.3 Å². The van der Waals surface area contributed by atoms with Crippen molar-refractivity contribution in [1.82, 2.24) is 10.3 Å². The molecular formula is C26H18F9N3O5. The summed E-state index contributed by atoms with van der Waals surface area (Å²) in [5.41, 5.74) is -2.26. The molecule has 0 saturated carbocycles. The fourth-order valence-electron chi connectivity index (χ4n) is 3.84. The lowest BCUT2D eigenvalue weighted by Gasteiger charge is -2.35. The van der Waals surface area contributed by atoms with Crippen molar-refractivity contribution in [2.75, 3.05) is 18.5 Å². The number of imide groups is 1. The van der Waals surface area contributed by atoms with Gasteiger partial charge in [0.05, 0.1) is 24.2 Å². The number of benzene rings is 2. The number of urea groups is 1. The highest BCUT2D eigenvalue weighted by Crippen LogP contribution is 2.55. The van der Waals surface area contributed by atoms with Gasteiger partial charge in [-0.3, -0.25) is 15.1 Å². The van der Waals surface area contributed by atoms with Crippen LogP contribution in [-0.2, 0) is 11.3 Å². The van der Waals surface area contributed by atoms with Gasteiger partial charge in [-0.25, -0.2) is 13.6 Å².